The summed E-state index contributed by atoms with van der Waals surface area (Å²) >= 11 is 1.24. The maximum Gasteiger partial charge on any atom is 0.259 e. The molecule has 29 heavy (non-hydrogen) atoms. The third-order valence-electron chi connectivity index (χ3n) is 3.80. The number of aryl methyl sites for hydroxylation is 1. The second-order valence-electron chi connectivity index (χ2n) is 6.56. The minimum absolute atomic E-state index is 0.0417. The van der Waals surface area contributed by atoms with Gasteiger partial charge >= 0.3 is 0 Å². The minimum Gasteiger partial charge on any atom is -0.484 e. The number of hydrogen-bond donors (Lipinski definition) is 2. The monoisotopic (exact) mass is 415 g/mol. The standard InChI is InChI=1S/C21H25N3O4S/c1-15-4-6-16(7-5-15)22-19(25)13-29-14-20(26)23-17-8-10-18(11-9-17)28-12-21(27)24(2)3/h4-11H,12-14H2,1-3H3,(H,22,25)(H,23,26). The van der Waals surface area contributed by atoms with Crippen molar-refractivity contribution in [1.82, 2.24) is 4.90 Å². The Morgan fingerprint density at radius 3 is 1.83 bits per heavy atom. The van der Waals surface area contributed by atoms with Crippen LogP contribution in [0.4, 0.5) is 11.4 Å². The smallest absolute Gasteiger partial charge is 0.259 e. The quantitative estimate of drug-likeness (QED) is 0.658. The molecular weight excluding hydrogens is 390 g/mol. The molecule has 0 aliphatic carbocycles. The highest BCUT2D eigenvalue weighted by Crippen LogP contribution is 2.16. The molecule has 0 atom stereocenters. The van der Waals surface area contributed by atoms with Gasteiger partial charge in [-0.3, -0.25) is 14.4 Å². The van der Waals surface area contributed by atoms with Crippen LogP contribution >= 0.6 is 11.8 Å². The number of carbonyl (C=O) groups is 3. The third kappa shape index (κ3) is 8.27. The lowest BCUT2D eigenvalue weighted by Crippen LogP contribution is -2.27. The van der Waals surface area contributed by atoms with Crippen molar-refractivity contribution < 1.29 is 19.1 Å². The van der Waals surface area contributed by atoms with Crippen LogP contribution in [-0.4, -0.2) is 54.8 Å². The Morgan fingerprint density at radius 2 is 1.34 bits per heavy atom. The van der Waals surface area contributed by atoms with E-state index in [2.05, 4.69) is 10.6 Å². The van der Waals surface area contributed by atoms with Crippen molar-refractivity contribution >= 4 is 40.9 Å². The average molecular weight is 416 g/mol. The van der Waals surface area contributed by atoms with Crippen LogP contribution in [0.3, 0.4) is 0 Å². The van der Waals surface area contributed by atoms with Crippen molar-refractivity contribution in [3.63, 3.8) is 0 Å². The van der Waals surface area contributed by atoms with Gasteiger partial charge < -0.3 is 20.3 Å². The van der Waals surface area contributed by atoms with E-state index >= 15 is 0 Å². The van der Waals surface area contributed by atoms with Crippen molar-refractivity contribution in [2.75, 3.05) is 42.8 Å². The fraction of sp³-hybridized carbons (Fsp3) is 0.286. The van der Waals surface area contributed by atoms with E-state index in [0.29, 0.717) is 11.4 Å². The zero-order chi connectivity index (χ0) is 21.2. The van der Waals surface area contributed by atoms with Gasteiger partial charge in [-0.1, -0.05) is 17.7 Å². The molecule has 2 aromatic rings. The van der Waals surface area contributed by atoms with Gasteiger partial charge in [0.2, 0.25) is 11.8 Å². The van der Waals surface area contributed by atoms with Crippen molar-refractivity contribution in [3.8, 4) is 5.75 Å². The first-order valence-electron chi connectivity index (χ1n) is 9.00. The van der Waals surface area contributed by atoms with Crippen molar-refractivity contribution in [2.24, 2.45) is 0 Å². The molecule has 0 bridgehead atoms. The fourth-order valence-corrected chi connectivity index (χ4v) is 2.79. The number of benzene rings is 2. The lowest BCUT2D eigenvalue weighted by molar-refractivity contribution is -0.130. The molecule has 7 nitrogen and oxygen atoms in total. The number of ether oxygens (including phenoxy) is 1. The van der Waals surface area contributed by atoms with Crippen LogP contribution in [0.2, 0.25) is 0 Å². The normalized spacial score (nSPS) is 10.2. The van der Waals surface area contributed by atoms with Crippen molar-refractivity contribution in [2.45, 2.75) is 6.92 Å². The Hall–Kier alpha value is -3.00. The van der Waals surface area contributed by atoms with E-state index in [0.717, 1.165) is 11.3 Å². The molecule has 8 heteroatoms. The van der Waals surface area contributed by atoms with Gasteiger partial charge in [0.1, 0.15) is 5.75 Å². The van der Waals surface area contributed by atoms with Crippen LogP contribution in [0.25, 0.3) is 0 Å². The molecule has 0 saturated heterocycles. The molecular formula is C21H25N3O4S. The third-order valence-corrected chi connectivity index (χ3v) is 4.73. The molecule has 154 valence electrons. The molecule has 0 aliphatic heterocycles. The number of nitrogens with one attached hydrogen (secondary N) is 2. The lowest BCUT2D eigenvalue weighted by Gasteiger charge is -2.11. The molecule has 0 saturated carbocycles. The second kappa shape index (κ2) is 11.1. The van der Waals surface area contributed by atoms with Gasteiger partial charge in [0.25, 0.3) is 5.91 Å². The van der Waals surface area contributed by atoms with E-state index in [1.807, 2.05) is 31.2 Å². The van der Waals surface area contributed by atoms with E-state index in [9.17, 15) is 14.4 Å². The zero-order valence-corrected chi connectivity index (χ0v) is 17.5. The molecule has 2 N–H and O–H groups in total. The number of anilines is 2. The van der Waals surface area contributed by atoms with Gasteiger partial charge in [-0.05, 0) is 43.3 Å². The number of amides is 3. The predicted molar refractivity (Wildman–Crippen MR) is 116 cm³/mol. The maximum atomic E-state index is 12.0. The molecule has 3 amide bonds. The van der Waals surface area contributed by atoms with Crippen LogP contribution in [0.5, 0.6) is 5.75 Å². The van der Waals surface area contributed by atoms with E-state index in [1.165, 1.54) is 16.7 Å². The molecule has 0 heterocycles. The Balaban J connectivity index is 1.68. The summed E-state index contributed by atoms with van der Waals surface area (Å²) < 4.78 is 5.38. The predicted octanol–water partition coefficient (Wildman–Crippen LogP) is 2.77. The zero-order valence-electron chi connectivity index (χ0n) is 16.7. The molecule has 2 rings (SSSR count). The first-order chi connectivity index (χ1) is 13.8. The van der Waals surface area contributed by atoms with Gasteiger partial charge in [-0.25, -0.2) is 0 Å². The van der Waals surface area contributed by atoms with E-state index < -0.39 is 0 Å². The topological polar surface area (TPSA) is 87.7 Å². The van der Waals surface area contributed by atoms with Gasteiger partial charge in [0.15, 0.2) is 6.61 Å². The summed E-state index contributed by atoms with van der Waals surface area (Å²) in [6, 6.07) is 14.3. The molecule has 0 fully saturated rings. The van der Waals surface area contributed by atoms with Gasteiger partial charge in [-0.2, -0.15) is 0 Å². The van der Waals surface area contributed by atoms with Crippen LogP contribution in [0.1, 0.15) is 5.56 Å². The number of hydrogen-bond acceptors (Lipinski definition) is 5. The SMILES string of the molecule is Cc1ccc(NC(=O)CSCC(=O)Nc2ccc(OCC(=O)N(C)C)cc2)cc1. The number of thioether (sulfide) groups is 1. The highest BCUT2D eigenvalue weighted by Gasteiger charge is 2.08. The molecule has 0 spiro atoms. The summed E-state index contributed by atoms with van der Waals surface area (Å²) in [7, 11) is 3.32. The summed E-state index contributed by atoms with van der Waals surface area (Å²) in [5, 5.41) is 5.55. The molecule has 0 aliphatic rings. The average Bonchev–Trinajstić information content (AvgIpc) is 2.69. The Kier molecular flexibility index (Phi) is 8.54. The molecule has 0 aromatic heterocycles. The number of nitrogens with zero attached hydrogens (tertiary/aromatic N) is 1. The Bertz CT molecular complexity index is 836. The van der Waals surface area contributed by atoms with Crippen LogP contribution < -0.4 is 15.4 Å². The van der Waals surface area contributed by atoms with E-state index in [-0.39, 0.29) is 35.8 Å². The largest absolute Gasteiger partial charge is 0.484 e. The first kappa shape index (κ1) is 22.3. The lowest BCUT2D eigenvalue weighted by atomic mass is 10.2. The minimum atomic E-state index is -0.199. The Morgan fingerprint density at radius 1 is 0.862 bits per heavy atom. The Labute approximate surface area is 174 Å². The van der Waals surface area contributed by atoms with Crippen molar-refractivity contribution in [1.29, 1.82) is 0 Å². The van der Waals surface area contributed by atoms with Gasteiger partial charge in [0, 0.05) is 25.5 Å². The van der Waals surface area contributed by atoms with E-state index in [4.69, 9.17) is 4.74 Å². The van der Waals surface area contributed by atoms with E-state index in [1.54, 1.807) is 38.4 Å². The summed E-state index contributed by atoms with van der Waals surface area (Å²) in [4.78, 5) is 36.9. The molecule has 0 unspecified atom stereocenters. The highest BCUT2D eigenvalue weighted by atomic mass is 32.2. The number of carbonyl (C=O) groups excluding carboxylic acids is 3. The molecule has 2 aromatic carbocycles. The first-order valence-corrected chi connectivity index (χ1v) is 10.2. The summed E-state index contributed by atoms with van der Waals surface area (Å²) in [6.45, 7) is 1.94. The van der Waals surface area contributed by atoms with Gasteiger partial charge in [0.05, 0.1) is 11.5 Å². The van der Waals surface area contributed by atoms with Crippen LogP contribution in [-0.2, 0) is 14.4 Å². The maximum absolute atomic E-state index is 12.0. The number of rotatable bonds is 9. The number of likely N-dealkylation sites (N-methyl/N-ethyl adjacent to an activating group) is 1. The summed E-state index contributed by atoms with van der Waals surface area (Å²) in [5.74, 6) is 0.409. The van der Waals surface area contributed by atoms with Crippen molar-refractivity contribution in [3.05, 3.63) is 54.1 Å². The van der Waals surface area contributed by atoms with Crippen LogP contribution in [0.15, 0.2) is 48.5 Å². The van der Waals surface area contributed by atoms with Gasteiger partial charge in [-0.15, -0.1) is 11.8 Å². The summed E-state index contributed by atoms with van der Waals surface area (Å²) in [6.07, 6.45) is 0. The van der Waals surface area contributed by atoms with Crippen LogP contribution in [0, 0.1) is 6.92 Å². The second-order valence-corrected chi connectivity index (χ2v) is 7.54. The fourth-order valence-electron chi connectivity index (χ4n) is 2.18. The summed E-state index contributed by atoms with van der Waals surface area (Å²) in [5.41, 5.74) is 2.47. The molecule has 0 radical (unpaired) electrons. The highest BCUT2D eigenvalue weighted by molar-refractivity contribution is 8.00.